The monoisotopic (exact) mass is 658 g/mol. The maximum absolute atomic E-state index is 5.09. The number of aromatic nitrogens is 4. The highest BCUT2D eigenvalue weighted by Gasteiger charge is 2.38. The lowest BCUT2D eigenvalue weighted by atomic mass is 9.84. The molecule has 0 amide bonds. The number of allylic oxidation sites excluding steroid dienone is 3. The smallest absolute Gasteiger partial charge is 0.165 e. The Morgan fingerprint density at radius 3 is 1.90 bits per heavy atom. The second-order valence-corrected chi connectivity index (χ2v) is 13.9. The molecule has 50 heavy (non-hydrogen) atoms. The van der Waals surface area contributed by atoms with Crippen LogP contribution in [0.2, 0.25) is 0 Å². The summed E-state index contributed by atoms with van der Waals surface area (Å²) < 4.78 is 2.40. The Labute approximate surface area is 294 Å². The van der Waals surface area contributed by atoms with Crippen molar-refractivity contribution in [3.05, 3.63) is 181 Å². The number of benzene rings is 6. The minimum Gasteiger partial charge on any atom is -0.309 e. The minimum absolute atomic E-state index is 0.229. The van der Waals surface area contributed by atoms with Crippen molar-refractivity contribution in [2.24, 2.45) is 0 Å². The highest BCUT2D eigenvalue weighted by Crippen LogP contribution is 2.55. The molecule has 0 fully saturated rings. The van der Waals surface area contributed by atoms with Crippen molar-refractivity contribution in [1.82, 2.24) is 19.5 Å². The topological polar surface area (TPSA) is 43.6 Å². The van der Waals surface area contributed by atoms with Crippen LogP contribution in [0, 0.1) is 0 Å². The number of para-hydroxylation sites is 2. The molecule has 10 rings (SSSR count). The molecule has 6 aromatic carbocycles. The fourth-order valence-corrected chi connectivity index (χ4v) is 9.12. The lowest BCUT2D eigenvalue weighted by molar-refractivity contribution is 0.892. The molecule has 5 heteroatoms. The molecule has 8 aromatic rings. The van der Waals surface area contributed by atoms with Crippen molar-refractivity contribution < 1.29 is 0 Å². The van der Waals surface area contributed by atoms with E-state index in [1.54, 1.807) is 0 Å². The van der Waals surface area contributed by atoms with Gasteiger partial charge in [0, 0.05) is 49.2 Å². The summed E-state index contributed by atoms with van der Waals surface area (Å²) in [5.41, 5.74) is 10.5. The summed E-state index contributed by atoms with van der Waals surface area (Å²) in [7, 11) is 0. The average molecular weight is 659 g/mol. The van der Waals surface area contributed by atoms with Crippen LogP contribution in [0.25, 0.3) is 67.2 Å². The summed E-state index contributed by atoms with van der Waals surface area (Å²) in [6.45, 7) is 0. The van der Waals surface area contributed by atoms with Crippen LogP contribution in [0.15, 0.2) is 175 Å². The maximum atomic E-state index is 5.09. The zero-order chi connectivity index (χ0) is 33.0. The van der Waals surface area contributed by atoms with Crippen LogP contribution in [0.1, 0.15) is 17.0 Å². The van der Waals surface area contributed by atoms with E-state index in [-0.39, 0.29) is 11.2 Å². The first-order valence-electron chi connectivity index (χ1n) is 16.9. The fourth-order valence-electron chi connectivity index (χ4n) is 7.52. The van der Waals surface area contributed by atoms with Gasteiger partial charge in [0.05, 0.1) is 11.0 Å². The second kappa shape index (κ2) is 11.8. The zero-order valence-electron chi connectivity index (χ0n) is 27.0. The normalized spacial score (nSPS) is 16.4. The van der Waals surface area contributed by atoms with E-state index in [4.69, 9.17) is 15.0 Å². The SMILES string of the molecule is C1=CC2c3cccc(-c4nc(-c5ccccc5)nc(-c5ccccc5)n4)c3SC2C(c2ccc3c4ccccc4n(-c4ccccc4)c3c2)=C1. The van der Waals surface area contributed by atoms with Crippen LogP contribution in [-0.2, 0) is 0 Å². The standard InChI is InChI=1S/C45H30N4S/c1-4-14-29(15-5-1)43-46-44(30-16-6-2-7-17-30)48-45(47-43)38-24-13-23-37-36-22-12-21-33(41(36)50-42(37)38)31-26-27-35-34-20-10-11-25-39(34)49(40(35)28-31)32-18-8-3-9-19-32/h1-28,36,41H. The third-order valence-electron chi connectivity index (χ3n) is 9.84. The van der Waals surface area contributed by atoms with Crippen molar-refractivity contribution in [3.63, 3.8) is 0 Å². The Kier molecular flexibility index (Phi) is 6.84. The van der Waals surface area contributed by atoms with Crippen LogP contribution in [0.4, 0.5) is 0 Å². The van der Waals surface area contributed by atoms with Crippen LogP contribution < -0.4 is 0 Å². The maximum Gasteiger partial charge on any atom is 0.165 e. The first kappa shape index (κ1) is 28.9. The lowest BCUT2D eigenvalue weighted by Crippen LogP contribution is -2.13. The zero-order valence-corrected chi connectivity index (χ0v) is 27.8. The van der Waals surface area contributed by atoms with Crippen LogP contribution in [0.5, 0.6) is 0 Å². The summed E-state index contributed by atoms with van der Waals surface area (Å²) in [4.78, 5) is 16.4. The Hall–Kier alpha value is -6.04. The van der Waals surface area contributed by atoms with E-state index in [1.165, 1.54) is 49.1 Å². The van der Waals surface area contributed by atoms with E-state index in [1.807, 2.05) is 48.2 Å². The van der Waals surface area contributed by atoms with E-state index in [0.29, 0.717) is 17.5 Å². The Morgan fingerprint density at radius 2 is 1.16 bits per heavy atom. The van der Waals surface area contributed by atoms with Crippen molar-refractivity contribution in [3.8, 4) is 39.9 Å². The number of fused-ring (bicyclic) bond motifs is 6. The Balaban J connectivity index is 1.08. The third-order valence-corrected chi connectivity index (χ3v) is 11.3. The predicted octanol–water partition coefficient (Wildman–Crippen LogP) is 11.2. The summed E-state index contributed by atoms with van der Waals surface area (Å²) >= 11 is 1.93. The van der Waals surface area contributed by atoms with Gasteiger partial charge in [-0.3, -0.25) is 0 Å². The predicted molar refractivity (Wildman–Crippen MR) is 206 cm³/mol. The molecule has 0 bridgehead atoms. The van der Waals surface area contributed by atoms with Gasteiger partial charge in [0.25, 0.3) is 0 Å². The molecule has 0 N–H and O–H groups in total. The molecular weight excluding hydrogens is 629 g/mol. The van der Waals surface area contributed by atoms with Crippen molar-refractivity contribution >= 4 is 39.1 Å². The molecule has 236 valence electrons. The van der Waals surface area contributed by atoms with Crippen LogP contribution >= 0.6 is 11.8 Å². The number of hydrogen-bond acceptors (Lipinski definition) is 4. The Morgan fingerprint density at radius 1 is 0.520 bits per heavy atom. The summed E-state index contributed by atoms with van der Waals surface area (Å²) in [5, 5.41) is 2.76. The van der Waals surface area contributed by atoms with E-state index in [2.05, 4.69) is 138 Å². The van der Waals surface area contributed by atoms with Gasteiger partial charge < -0.3 is 4.57 Å². The first-order chi connectivity index (χ1) is 24.8. The van der Waals surface area contributed by atoms with E-state index in [0.717, 1.165) is 16.7 Å². The second-order valence-electron chi connectivity index (χ2n) is 12.8. The van der Waals surface area contributed by atoms with Gasteiger partial charge in [-0.05, 0) is 41.0 Å². The van der Waals surface area contributed by atoms with Gasteiger partial charge in [0.1, 0.15) is 0 Å². The van der Waals surface area contributed by atoms with Crippen molar-refractivity contribution in [2.45, 2.75) is 16.1 Å². The largest absolute Gasteiger partial charge is 0.309 e. The Bertz CT molecular complexity index is 2570. The minimum atomic E-state index is 0.229. The molecule has 0 saturated carbocycles. The molecule has 2 atom stereocenters. The number of thioether (sulfide) groups is 1. The molecular formula is C45H30N4S. The molecule has 4 nitrogen and oxygen atoms in total. The summed E-state index contributed by atoms with van der Waals surface area (Å²) in [6, 6.07) is 53.4. The highest BCUT2D eigenvalue weighted by atomic mass is 32.2. The quantitative estimate of drug-likeness (QED) is 0.185. The van der Waals surface area contributed by atoms with Gasteiger partial charge in [0.2, 0.25) is 0 Å². The van der Waals surface area contributed by atoms with Gasteiger partial charge in [0.15, 0.2) is 17.5 Å². The lowest BCUT2D eigenvalue weighted by Gasteiger charge is -2.23. The van der Waals surface area contributed by atoms with Gasteiger partial charge in [-0.1, -0.05) is 146 Å². The van der Waals surface area contributed by atoms with Crippen molar-refractivity contribution in [2.75, 3.05) is 0 Å². The first-order valence-corrected chi connectivity index (χ1v) is 17.8. The third kappa shape index (κ3) is 4.73. The molecule has 0 radical (unpaired) electrons. The molecule has 1 aliphatic heterocycles. The van der Waals surface area contributed by atoms with Gasteiger partial charge in [-0.25, -0.2) is 15.0 Å². The van der Waals surface area contributed by atoms with E-state index < -0.39 is 0 Å². The van der Waals surface area contributed by atoms with Gasteiger partial charge >= 0.3 is 0 Å². The van der Waals surface area contributed by atoms with Crippen molar-refractivity contribution in [1.29, 1.82) is 0 Å². The fraction of sp³-hybridized carbons (Fsp3) is 0.0444. The average Bonchev–Trinajstić information content (AvgIpc) is 3.74. The number of nitrogens with zero attached hydrogens (tertiary/aromatic N) is 4. The van der Waals surface area contributed by atoms with Gasteiger partial charge in [-0.2, -0.15) is 0 Å². The molecule has 2 aromatic heterocycles. The van der Waals surface area contributed by atoms with E-state index in [9.17, 15) is 0 Å². The van der Waals surface area contributed by atoms with E-state index >= 15 is 0 Å². The molecule has 0 saturated heterocycles. The molecule has 0 spiro atoms. The number of rotatable bonds is 5. The molecule has 3 heterocycles. The van der Waals surface area contributed by atoms with Gasteiger partial charge in [-0.15, -0.1) is 11.8 Å². The molecule has 2 unspecified atom stereocenters. The summed E-state index contributed by atoms with van der Waals surface area (Å²) in [5.74, 6) is 2.30. The molecule has 2 aliphatic rings. The highest BCUT2D eigenvalue weighted by molar-refractivity contribution is 8.01. The summed E-state index contributed by atoms with van der Waals surface area (Å²) in [6.07, 6.45) is 6.90. The molecule has 1 aliphatic carbocycles. The van der Waals surface area contributed by atoms with Crippen LogP contribution in [-0.4, -0.2) is 24.8 Å². The van der Waals surface area contributed by atoms with Crippen LogP contribution in [0.3, 0.4) is 0 Å². The number of hydrogen-bond donors (Lipinski definition) is 0.